The Bertz CT molecular complexity index is 504. The molecule has 0 spiro atoms. The van der Waals surface area contributed by atoms with Crippen LogP contribution >= 0.6 is 0 Å². The highest BCUT2D eigenvalue weighted by Gasteiger charge is 2.25. The van der Waals surface area contributed by atoms with Gasteiger partial charge in [0.1, 0.15) is 0 Å². The molecule has 2 aromatic rings. The quantitative estimate of drug-likeness (QED) is 0.790. The molecular weight excluding hydrogens is 206 g/mol. The minimum atomic E-state index is 0.287. The zero-order chi connectivity index (χ0) is 11.7. The minimum Gasteiger partial charge on any atom is -0.327 e. The summed E-state index contributed by atoms with van der Waals surface area (Å²) in [7, 11) is 0. The monoisotopic (exact) mass is 223 g/mol. The molecule has 0 unspecified atom stereocenters. The fourth-order valence-electron chi connectivity index (χ4n) is 2.86. The summed E-state index contributed by atoms with van der Waals surface area (Å²) in [6.07, 6.45) is 2.07. The first kappa shape index (κ1) is 10.5. The van der Waals surface area contributed by atoms with E-state index < -0.39 is 0 Å². The van der Waals surface area contributed by atoms with Crippen molar-refractivity contribution < 1.29 is 0 Å². The third-order valence-electron chi connectivity index (χ3n) is 3.65. The van der Waals surface area contributed by atoms with Crippen LogP contribution < -0.4 is 5.73 Å². The van der Waals surface area contributed by atoms with Gasteiger partial charge in [-0.25, -0.2) is 0 Å². The molecule has 2 N–H and O–H groups in total. The summed E-state index contributed by atoms with van der Waals surface area (Å²) in [5.74, 6) is 0.469. The molecule has 0 fully saturated rings. The molecule has 0 heterocycles. The van der Waals surface area contributed by atoms with Gasteiger partial charge in [0.05, 0.1) is 0 Å². The van der Waals surface area contributed by atoms with Crippen LogP contribution in [-0.2, 0) is 6.42 Å². The van der Waals surface area contributed by atoms with Crippen molar-refractivity contribution in [3.05, 3.63) is 71.3 Å². The van der Waals surface area contributed by atoms with Crippen LogP contribution in [-0.4, -0.2) is 6.04 Å². The van der Waals surface area contributed by atoms with Crippen LogP contribution in [0.1, 0.15) is 29.0 Å². The smallest absolute Gasteiger partial charge is 0.0107 e. The third kappa shape index (κ3) is 1.98. The second kappa shape index (κ2) is 4.34. The lowest BCUT2D eigenvalue weighted by Gasteiger charge is -2.30. The number of hydrogen-bond acceptors (Lipinski definition) is 1. The molecule has 1 aliphatic carbocycles. The van der Waals surface area contributed by atoms with Gasteiger partial charge in [-0.1, -0.05) is 54.6 Å². The molecule has 1 aliphatic rings. The van der Waals surface area contributed by atoms with E-state index in [1.54, 1.807) is 0 Å². The molecule has 1 heteroatoms. The Balaban J connectivity index is 2.07. The second-order valence-corrected chi connectivity index (χ2v) is 4.86. The van der Waals surface area contributed by atoms with E-state index in [0.717, 1.165) is 12.8 Å². The van der Waals surface area contributed by atoms with Crippen LogP contribution in [0.4, 0.5) is 0 Å². The van der Waals surface area contributed by atoms with E-state index in [-0.39, 0.29) is 6.04 Å². The maximum Gasteiger partial charge on any atom is 0.0107 e. The summed E-state index contributed by atoms with van der Waals surface area (Å²) in [5.41, 5.74) is 10.4. The van der Waals surface area contributed by atoms with Gasteiger partial charge < -0.3 is 5.73 Å². The SMILES string of the molecule is N[C@H]1Cc2ccccc2[C@@H](c2ccccc2)C1. The Hall–Kier alpha value is -1.60. The van der Waals surface area contributed by atoms with Crippen LogP contribution in [0.15, 0.2) is 54.6 Å². The summed E-state index contributed by atoms with van der Waals surface area (Å²) in [6, 6.07) is 19.7. The fraction of sp³-hybridized carbons (Fsp3) is 0.250. The Labute approximate surface area is 102 Å². The van der Waals surface area contributed by atoms with E-state index >= 15 is 0 Å². The Morgan fingerprint density at radius 3 is 2.41 bits per heavy atom. The van der Waals surface area contributed by atoms with Crippen molar-refractivity contribution in [3.63, 3.8) is 0 Å². The number of fused-ring (bicyclic) bond motifs is 1. The number of hydrogen-bond donors (Lipinski definition) is 1. The van der Waals surface area contributed by atoms with Crippen molar-refractivity contribution in [3.8, 4) is 0 Å². The summed E-state index contributed by atoms with van der Waals surface area (Å²) in [5, 5.41) is 0. The lowest BCUT2D eigenvalue weighted by molar-refractivity contribution is 0.531. The van der Waals surface area contributed by atoms with Crippen LogP contribution in [0, 0.1) is 0 Å². The highest BCUT2D eigenvalue weighted by atomic mass is 14.6. The molecule has 3 rings (SSSR count). The largest absolute Gasteiger partial charge is 0.327 e. The predicted molar refractivity (Wildman–Crippen MR) is 71.0 cm³/mol. The first-order valence-corrected chi connectivity index (χ1v) is 6.23. The third-order valence-corrected chi connectivity index (χ3v) is 3.65. The molecule has 0 radical (unpaired) electrons. The average molecular weight is 223 g/mol. The lowest BCUT2D eigenvalue weighted by atomic mass is 9.77. The van der Waals surface area contributed by atoms with Crippen molar-refractivity contribution >= 4 is 0 Å². The van der Waals surface area contributed by atoms with Gasteiger partial charge in [0.25, 0.3) is 0 Å². The first-order valence-electron chi connectivity index (χ1n) is 6.23. The maximum atomic E-state index is 6.18. The second-order valence-electron chi connectivity index (χ2n) is 4.86. The maximum absolute atomic E-state index is 6.18. The van der Waals surface area contributed by atoms with Gasteiger partial charge in [-0.15, -0.1) is 0 Å². The van der Waals surface area contributed by atoms with Crippen molar-refractivity contribution in [2.24, 2.45) is 5.73 Å². The highest BCUT2D eigenvalue weighted by Crippen LogP contribution is 2.35. The standard InChI is InChI=1S/C16H17N/c17-14-10-13-8-4-5-9-15(13)16(11-14)12-6-2-1-3-7-12/h1-9,14,16H,10-11,17H2/t14-,16+/m0/s1. The van der Waals surface area contributed by atoms with Gasteiger partial charge >= 0.3 is 0 Å². The summed E-state index contributed by atoms with van der Waals surface area (Å²) in [4.78, 5) is 0. The number of nitrogens with two attached hydrogens (primary N) is 1. The molecule has 86 valence electrons. The van der Waals surface area contributed by atoms with Crippen molar-refractivity contribution in [2.45, 2.75) is 24.8 Å². The van der Waals surface area contributed by atoms with E-state index in [4.69, 9.17) is 5.73 Å². The fourth-order valence-corrected chi connectivity index (χ4v) is 2.86. The van der Waals surface area contributed by atoms with Gasteiger partial charge in [0, 0.05) is 12.0 Å². The van der Waals surface area contributed by atoms with Gasteiger partial charge in [-0.3, -0.25) is 0 Å². The van der Waals surface area contributed by atoms with Crippen LogP contribution in [0.3, 0.4) is 0 Å². The highest BCUT2D eigenvalue weighted by molar-refractivity contribution is 5.40. The van der Waals surface area contributed by atoms with Gasteiger partial charge in [-0.05, 0) is 29.5 Å². The zero-order valence-corrected chi connectivity index (χ0v) is 9.84. The normalized spacial score (nSPS) is 23.1. The number of benzene rings is 2. The van der Waals surface area contributed by atoms with E-state index in [2.05, 4.69) is 54.6 Å². The molecule has 0 aromatic heterocycles. The molecule has 0 aliphatic heterocycles. The Morgan fingerprint density at radius 2 is 1.59 bits per heavy atom. The number of rotatable bonds is 1. The predicted octanol–water partition coefficient (Wildman–Crippen LogP) is 3.09. The lowest BCUT2D eigenvalue weighted by Crippen LogP contribution is -2.30. The average Bonchev–Trinajstić information content (AvgIpc) is 2.39. The van der Waals surface area contributed by atoms with Crippen molar-refractivity contribution in [1.29, 1.82) is 0 Å². The van der Waals surface area contributed by atoms with Crippen molar-refractivity contribution in [1.82, 2.24) is 0 Å². The molecular formula is C16H17N. The molecule has 17 heavy (non-hydrogen) atoms. The topological polar surface area (TPSA) is 26.0 Å². The molecule has 0 saturated heterocycles. The van der Waals surface area contributed by atoms with Gasteiger partial charge in [0.15, 0.2) is 0 Å². The molecule has 2 aromatic carbocycles. The van der Waals surface area contributed by atoms with Crippen LogP contribution in [0.25, 0.3) is 0 Å². The first-order chi connectivity index (χ1) is 8.34. The Kier molecular flexibility index (Phi) is 2.69. The van der Waals surface area contributed by atoms with Crippen molar-refractivity contribution in [2.75, 3.05) is 0 Å². The Morgan fingerprint density at radius 1 is 0.882 bits per heavy atom. The van der Waals surface area contributed by atoms with Crippen LogP contribution in [0.5, 0.6) is 0 Å². The molecule has 0 bridgehead atoms. The van der Waals surface area contributed by atoms with Gasteiger partial charge in [0.2, 0.25) is 0 Å². The van der Waals surface area contributed by atoms with E-state index in [1.165, 1.54) is 16.7 Å². The summed E-state index contributed by atoms with van der Waals surface area (Å²) < 4.78 is 0. The summed E-state index contributed by atoms with van der Waals surface area (Å²) >= 11 is 0. The molecule has 2 atom stereocenters. The van der Waals surface area contributed by atoms with E-state index in [1.807, 2.05) is 0 Å². The van der Waals surface area contributed by atoms with Crippen LogP contribution in [0.2, 0.25) is 0 Å². The van der Waals surface area contributed by atoms with E-state index in [0.29, 0.717) is 5.92 Å². The summed E-state index contributed by atoms with van der Waals surface area (Å²) in [6.45, 7) is 0. The molecule has 1 nitrogen and oxygen atoms in total. The minimum absolute atomic E-state index is 0.287. The van der Waals surface area contributed by atoms with Gasteiger partial charge in [-0.2, -0.15) is 0 Å². The zero-order valence-electron chi connectivity index (χ0n) is 9.84. The van der Waals surface area contributed by atoms with E-state index in [9.17, 15) is 0 Å². The molecule has 0 amide bonds. The molecule has 0 saturated carbocycles.